The number of carbonyl (C=O) groups is 12. The Morgan fingerprint density at radius 3 is 1.75 bits per heavy atom. The van der Waals surface area contributed by atoms with Gasteiger partial charge in [0.2, 0.25) is 53.2 Å². The lowest BCUT2D eigenvalue weighted by atomic mass is 10.00. The van der Waals surface area contributed by atoms with Gasteiger partial charge in [-0.25, -0.2) is 9.78 Å². The summed E-state index contributed by atoms with van der Waals surface area (Å²) in [5.41, 5.74) is 10.5. The van der Waals surface area contributed by atoms with Crippen LogP contribution in [0.1, 0.15) is 129 Å². The zero-order valence-electron chi connectivity index (χ0n) is 49.5. The normalized spacial score (nSPS) is 24.2. The van der Waals surface area contributed by atoms with E-state index in [0.717, 1.165) is 71.3 Å². The number of halogens is 1. The van der Waals surface area contributed by atoms with Crippen molar-refractivity contribution in [3.05, 3.63) is 30.0 Å². The number of hydrogen-bond donors (Lipinski definition) is 19. The Morgan fingerprint density at radius 1 is 0.682 bits per heavy atom. The third kappa shape index (κ3) is 25.5. The number of aliphatic hydroxyl groups is 7. The molecule has 11 amide bonds. The van der Waals surface area contributed by atoms with E-state index in [4.69, 9.17) is 23.1 Å². The fraction of sp³-hybridized carbons (Fsp3) is 0.685. The first-order chi connectivity index (χ1) is 41.7. The number of amides is 11. The minimum Gasteiger partial charge on any atom is -0.479 e. The number of unbranched alkanes of at least 4 members (excludes halogenated alkanes) is 9. The molecule has 0 aromatic carbocycles. The van der Waals surface area contributed by atoms with Crippen molar-refractivity contribution in [3.63, 3.8) is 0 Å². The summed E-state index contributed by atoms with van der Waals surface area (Å²) in [5.74, 6) is -19.3. The Balaban J connectivity index is 2.91. The molecule has 21 N–H and O–H groups in total. The molecular formula is C54H88ClN13O20. The Bertz CT molecular complexity index is 2510. The summed E-state index contributed by atoms with van der Waals surface area (Å²) < 4.78 is 0. The lowest BCUT2D eigenvalue weighted by Gasteiger charge is -2.35. The number of aromatic amines is 1. The minimum absolute atomic E-state index is 0.0712. The molecule has 2 heterocycles. The van der Waals surface area contributed by atoms with Crippen LogP contribution in [0.3, 0.4) is 0 Å². The maximum Gasteiger partial charge on any atom is 0.335 e. The number of H-pyrrole nitrogens is 1. The number of imidazole rings is 1. The van der Waals surface area contributed by atoms with Crippen LogP contribution in [0.25, 0.3) is 0 Å². The number of imide groups is 1. The second kappa shape index (κ2) is 40.3. The number of carboxylic acids is 1. The number of alkyl halides is 1. The van der Waals surface area contributed by atoms with E-state index in [-0.39, 0.29) is 30.0 Å². The molecule has 88 heavy (non-hydrogen) atoms. The van der Waals surface area contributed by atoms with Gasteiger partial charge in [-0.3, -0.25) is 57.6 Å². The van der Waals surface area contributed by atoms with Gasteiger partial charge >= 0.3 is 5.97 Å². The predicted octanol–water partition coefficient (Wildman–Crippen LogP) is -6.06. The third-order valence-electron chi connectivity index (χ3n) is 14.1. The number of aliphatic hydroxyl groups excluding tert-OH is 7. The summed E-state index contributed by atoms with van der Waals surface area (Å²) in [6.45, 7) is 1.71. The van der Waals surface area contributed by atoms with Gasteiger partial charge in [0.1, 0.15) is 54.0 Å². The van der Waals surface area contributed by atoms with Gasteiger partial charge in [-0.15, -0.1) is 11.6 Å². The molecule has 1 aromatic heterocycles. The number of rotatable bonds is 29. The number of aromatic nitrogens is 2. The molecule has 34 heteroatoms. The molecule has 0 radical (unpaired) electrons. The van der Waals surface area contributed by atoms with E-state index in [1.54, 1.807) is 0 Å². The second-order valence-electron chi connectivity index (χ2n) is 21.1. The highest BCUT2D eigenvalue weighted by Crippen LogP contribution is 2.18. The fourth-order valence-electron chi connectivity index (χ4n) is 9.07. The fourth-order valence-corrected chi connectivity index (χ4v) is 9.25. The third-order valence-corrected chi connectivity index (χ3v) is 14.4. The number of nitrogens with two attached hydrogens (primary N) is 2. The van der Waals surface area contributed by atoms with Crippen LogP contribution in [-0.4, -0.2) is 231 Å². The molecule has 0 bridgehead atoms. The number of primary amides is 1. The number of nitrogens with one attached hydrogen (secondary N) is 9. The quantitative estimate of drug-likeness (QED) is 0.0202. The second-order valence-corrected chi connectivity index (χ2v) is 21.4. The summed E-state index contributed by atoms with van der Waals surface area (Å²) in [6.07, 6.45) is -2.17. The Hall–Kier alpha value is -7.24. The smallest absolute Gasteiger partial charge is 0.335 e. The average Bonchev–Trinajstić information content (AvgIpc) is 2.19. The Morgan fingerprint density at radius 2 is 1.23 bits per heavy atom. The first kappa shape index (κ1) is 76.9. The molecule has 1 aromatic rings. The van der Waals surface area contributed by atoms with Crippen molar-refractivity contribution < 1.29 is 98.4 Å². The maximum absolute atomic E-state index is 14.9. The van der Waals surface area contributed by atoms with Crippen LogP contribution < -0.4 is 54.0 Å². The van der Waals surface area contributed by atoms with E-state index < -0.39 is 207 Å². The summed E-state index contributed by atoms with van der Waals surface area (Å²) in [7, 11) is 0. The van der Waals surface area contributed by atoms with Crippen LogP contribution in [0.5, 0.6) is 0 Å². The maximum atomic E-state index is 14.9. The van der Waals surface area contributed by atoms with Crippen molar-refractivity contribution in [2.45, 2.75) is 209 Å². The predicted molar refractivity (Wildman–Crippen MR) is 309 cm³/mol. The molecule has 496 valence electrons. The van der Waals surface area contributed by atoms with E-state index in [1.807, 2.05) is 10.6 Å². The molecule has 0 saturated carbocycles. The van der Waals surface area contributed by atoms with Gasteiger partial charge in [0.25, 0.3) is 11.8 Å². The van der Waals surface area contributed by atoms with E-state index in [0.29, 0.717) is 12.8 Å². The van der Waals surface area contributed by atoms with Crippen LogP contribution in [0.2, 0.25) is 0 Å². The minimum atomic E-state index is -2.95. The largest absolute Gasteiger partial charge is 0.479 e. The SMILES string of the molecule is C/C=C1\NC(=O)[C@H]([C@H](C)O)NC(=O)[C@H](Cc2cnc[nH]2)NC(=O)[C@@H](CCO)NC(=O)[C@H](CC(N)=O)NC(=O)[C@@H](CCCN)NC(=O)[C@H](CO)N(C(=O)CC(O)C(O)CCCCCCCCCCCC)C(=O)[C@H]([C@H](O)CCl)NC(=O)[C@H](C(O)C(=O)O)NC1=O. The highest BCUT2D eigenvalue weighted by Gasteiger charge is 2.45. The van der Waals surface area contributed by atoms with Gasteiger partial charge in [0.05, 0.1) is 56.1 Å². The number of carbonyl (C=O) groups excluding carboxylic acids is 11. The van der Waals surface area contributed by atoms with E-state index >= 15 is 0 Å². The highest BCUT2D eigenvalue weighted by molar-refractivity contribution is 6.18. The van der Waals surface area contributed by atoms with Crippen LogP contribution in [-0.2, 0) is 64.0 Å². The first-order valence-electron chi connectivity index (χ1n) is 29.0. The van der Waals surface area contributed by atoms with Gasteiger partial charge < -0.3 is 99.8 Å². The summed E-state index contributed by atoms with van der Waals surface area (Å²) >= 11 is 5.98. The number of nitrogens with zero attached hydrogens (tertiary/aromatic N) is 2. The summed E-state index contributed by atoms with van der Waals surface area (Å²) in [6, 6.07) is -17.3. The molecule has 1 fully saturated rings. The Kier molecular flexibility index (Phi) is 35.2. The molecule has 13 atom stereocenters. The number of aliphatic carboxylic acids is 1. The summed E-state index contributed by atoms with van der Waals surface area (Å²) in [5, 5.41) is 103. The van der Waals surface area contributed by atoms with Gasteiger partial charge in [-0.2, -0.15) is 0 Å². The standard InChI is InChI=1S/C54H88ClN13O20/c1-4-6-7-8-9-10-11-12-13-14-17-36(72)37(73)23-40(76)68-35(26-70)50(83)62-31(16-15-19-56)46(79)64-34(22-39(57)75)48(81)61-32(18-20-69)47(80)63-33(21-29-25-58-27-59-29)49(82)65-41(28(3)71)51(84)60-30(5-2)45(78)67-43(44(77)54(87)88)52(85)66-42(53(68)86)38(74)24-55/h5,25,27-28,31-38,41-44,69-74,77H,4,6-24,26,56H2,1-3H3,(H2,57,75)(H,58,59)(H,60,84)(H,61,81)(H,62,83)(H,63,80)(H,64,79)(H,65,82)(H,66,85)(H,67,78)(H,87,88)/b30-5-/t28-,31+,32+,33-,34-,35-,36?,37?,38+,41-,42-,43-,44?/m0/s1. The monoisotopic (exact) mass is 1270 g/mol. The molecule has 3 unspecified atom stereocenters. The number of hydrogen-bond acceptors (Lipinski definition) is 21. The van der Waals surface area contributed by atoms with Crippen LogP contribution in [0.4, 0.5) is 0 Å². The van der Waals surface area contributed by atoms with Crippen molar-refractivity contribution in [2.75, 3.05) is 25.6 Å². The van der Waals surface area contributed by atoms with E-state index in [1.165, 1.54) is 12.5 Å². The molecule has 1 saturated heterocycles. The molecule has 1 aliphatic rings. The van der Waals surface area contributed by atoms with Crippen LogP contribution in [0.15, 0.2) is 24.3 Å². The molecular weight excluding hydrogens is 1190 g/mol. The highest BCUT2D eigenvalue weighted by atomic mass is 35.5. The van der Waals surface area contributed by atoms with Gasteiger partial charge in [0, 0.05) is 24.9 Å². The first-order valence-corrected chi connectivity index (χ1v) is 29.6. The van der Waals surface area contributed by atoms with Gasteiger partial charge in [-0.05, 0) is 46.1 Å². The van der Waals surface area contributed by atoms with E-state index in [9.17, 15) is 98.4 Å². The van der Waals surface area contributed by atoms with E-state index in [2.05, 4.69) is 48.8 Å². The topological polar surface area (TPSA) is 547 Å². The lowest BCUT2D eigenvalue weighted by molar-refractivity contribution is -0.159. The van der Waals surface area contributed by atoms with Crippen molar-refractivity contribution >= 4 is 82.5 Å². The average molecular weight is 1270 g/mol. The number of carboxylic acid groups (broad SMARTS) is 1. The van der Waals surface area contributed by atoms with Crippen LogP contribution in [0, 0.1) is 0 Å². The molecule has 0 spiro atoms. The zero-order chi connectivity index (χ0) is 66.2. The van der Waals surface area contributed by atoms with Crippen LogP contribution >= 0.6 is 11.6 Å². The zero-order valence-corrected chi connectivity index (χ0v) is 50.2. The molecule has 0 aliphatic carbocycles. The van der Waals surface area contributed by atoms with Gasteiger partial charge in [-0.1, -0.05) is 77.2 Å². The van der Waals surface area contributed by atoms with Crippen molar-refractivity contribution in [2.24, 2.45) is 11.5 Å². The lowest BCUT2D eigenvalue weighted by Crippen LogP contribution is -2.66. The summed E-state index contributed by atoms with van der Waals surface area (Å²) in [4.78, 5) is 173. The Labute approximate surface area is 512 Å². The van der Waals surface area contributed by atoms with Crippen molar-refractivity contribution in [3.8, 4) is 0 Å². The van der Waals surface area contributed by atoms with Crippen molar-refractivity contribution in [1.29, 1.82) is 0 Å². The molecule has 33 nitrogen and oxygen atoms in total. The molecule has 2 rings (SSSR count). The molecule has 1 aliphatic heterocycles. The van der Waals surface area contributed by atoms with Gasteiger partial charge in [0.15, 0.2) is 6.10 Å². The number of allylic oxidation sites excluding steroid dienone is 1. The van der Waals surface area contributed by atoms with Crippen molar-refractivity contribution in [1.82, 2.24) is 57.4 Å².